The van der Waals surface area contributed by atoms with E-state index in [1.54, 1.807) is 6.08 Å². The van der Waals surface area contributed by atoms with Crippen molar-refractivity contribution in [3.05, 3.63) is 70.8 Å². The van der Waals surface area contributed by atoms with Gasteiger partial charge in [0, 0.05) is 13.1 Å². The Hall–Kier alpha value is -3.70. The Morgan fingerprint density at radius 3 is 2.66 bits per heavy atom. The number of aryl methyl sites for hydroxylation is 1. The van der Waals surface area contributed by atoms with Crippen molar-refractivity contribution in [2.75, 3.05) is 23.3 Å². The number of carbonyl (C=O) groups is 1. The molecule has 1 saturated heterocycles. The number of ether oxygens (including phenoxy) is 1. The van der Waals surface area contributed by atoms with Crippen molar-refractivity contribution in [2.45, 2.75) is 26.4 Å². The largest absolute Gasteiger partial charge is 0.489 e. The Morgan fingerprint density at radius 2 is 1.94 bits per heavy atom. The number of amides is 1. The van der Waals surface area contributed by atoms with Crippen molar-refractivity contribution in [2.24, 2.45) is 0 Å². The molecule has 162 valence electrons. The fraction of sp³-hybridized carbons (Fsp3) is 0.250. The minimum atomic E-state index is -0.503. The predicted octanol–water partition coefficient (Wildman–Crippen LogP) is 4.57. The highest BCUT2D eigenvalue weighted by atomic mass is 32.1. The average Bonchev–Trinajstić information content (AvgIpc) is 3.50. The van der Waals surface area contributed by atoms with Crippen LogP contribution in [-0.4, -0.2) is 29.2 Å². The molecule has 8 heteroatoms. The highest BCUT2D eigenvalue weighted by Crippen LogP contribution is 2.27. The van der Waals surface area contributed by atoms with E-state index in [1.807, 2.05) is 48.5 Å². The first-order valence-electron chi connectivity index (χ1n) is 10.4. The summed E-state index contributed by atoms with van der Waals surface area (Å²) in [6, 6.07) is 17.3. The van der Waals surface area contributed by atoms with Crippen molar-refractivity contribution in [1.29, 1.82) is 5.26 Å². The summed E-state index contributed by atoms with van der Waals surface area (Å²) in [6.45, 7) is 4.44. The zero-order valence-corrected chi connectivity index (χ0v) is 18.6. The standard InChI is InChI=1S/C24H23N5O2S/c1-17-6-2-3-7-19(17)16-31-21-10-8-18(9-11-21)14-20(15-25)22(30)26-23-27-28-24(32-23)29-12-4-5-13-29/h2-3,6-11,14H,4-5,12-13,16H2,1H3,(H,26,27,30)/b20-14-. The number of anilines is 2. The fourth-order valence-corrected chi connectivity index (χ4v) is 4.17. The van der Waals surface area contributed by atoms with Crippen LogP contribution in [0.25, 0.3) is 6.08 Å². The van der Waals surface area contributed by atoms with Gasteiger partial charge in [0.2, 0.25) is 10.3 Å². The van der Waals surface area contributed by atoms with Crippen LogP contribution in [0.4, 0.5) is 10.3 Å². The number of hydrogen-bond donors (Lipinski definition) is 1. The van der Waals surface area contributed by atoms with E-state index in [1.165, 1.54) is 16.9 Å². The maximum absolute atomic E-state index is 12.5. The molecule has 0 radical (unpaired) electrons. The number of hydrogen-bond acceptors (Lipinski definition) is 7. The smallest absolute Gasteiger partial charge is 0.268 e. The van der Waals surface area contributed by atoms with E-state index in [0.29, 0.717) is 11.7 Å². The second-order valence-electron chi connectivity index (χ2n) is 7.49. The Bertz CT molecular complexity index is 1160. The lowest BCUT2D eigenvalue weighted by Gasteiger charge is -2.10. The summed E-state index contributed by atoms with van der Waals surface area (Å²) < 4.78 is 5.85. The topological polar surface area (TPSA) is 91.1 Å². The van der Waals surface area contributed by atoms with Gasteiger partial charge in [-0.15, -0.1) is 10.2 Å². The first-order chi connectivity index (χ1) is 15.6. The lowest BCUT2D eigenvalue weighted by atomic mass is 10.1. The molecule has 1 aromatic heterocycles. The molecule has 0 atom stereocenters. The Kier molecular flexibility index (Phi) is 6.78. The molecule has 32 heavy (non-hydrogen) atoms. The monoisotopic (exact) mass is 445 g/mol. The van der Waals surface area contributed by atoms with E-state index in [0.717, 1.165) is 47.9 Å². The molecule has 0 unspecified atom stereocenters. The lowest BCUT2D eigenvalue weighted by molar-refractivity contribution is -0.112. The summed E-state index contributed by atoms with van der Waals surface area (Å²) in [7, 11) is 0. The summed E-state index contributed by atoms with van der Waals surface area (Å²) in [5, 5.41) is 21.5. The number of carbonyl (C=O) groups excluding carboxylic acids is 1. The van der Waals surface area contributed by atoms with Gasteiger partial charge in [-0.2, -0.15) is 5.26 Å². The van der Waals surface area contributed by atoms with E-state index >= 15 is 0 Å². The van der Waals surface area contributed by atoms with Gasteiger partial charge in [-0.05, 0) is 54.7 Å². The maximum atomic E-state index is 12.5. The van der Waals surface area contributed by atoms with Gasteiger partial charge in [0.1, 0.15) is 24.0 Å². The third-order valence-electron chi connectivity index (χ3n) is 5.22. The summed E-state index contributed by atoms with van der Waals surface area (Å²) >= 11 is 1.32. The molecule has 1 amide bonds. The first-order valence-corrected chi connectivity index (χ1v) is 11.2. The van der Waals surface area contributed by atoms with Crippen LogP contribution in [0.3, 0.4) is 0 Å². The van der Waals surface area contributed by atoms with Gasteiger partial charge in [0.05, 0.1) is 0 Å². The van der Waals surface area contributed by atoms with Crippen molar-refractivity contribution >= 4 is 33.6 Å². The summed E-state index contributed by atoms with van der Waals surface area (Å²) in [4.78, 5) is 14.7. The van der Waals surface area contributed by atoms with E-state index in [4.69, 9.17) is 4.74 Å². The van der Waals surface area contributed by atoms with Crippen LogP contribution in [0.1, 0.15) is 29.5 Å². The van der Waals surface area contributed by atoms with Crippen LogP contribution in [-0.2, 0) is 11.4 Å². The lowest BCUT2D eigenvalue weighted by Crippen LogP contribution is -2.17. The van der Waals surface area contributed by atoms with E-state index < -0.39 is 5.91 Å². The summed E-state index contributed by atoms with van der Waals surface area (Å²) in [5.41, 5.74) is 3.04. The molecule has 2 aromatic carbocycles. The van der Waals surface area contributed by atoms with E-state index in [2.05, 4.69) is 33.4 Å². The van der Waals surface area contributed by atoms with Crippen LogP contribution in [0.15, 0.2) is 54.1 Å². The molecular weight excluding hydrogens is 422 g/mol. The fourth-order valence-electron chi connectivity index (χ4n) is 3.38. The van der Waals surface area contributed by atoms with Gasteiger partial charge in [0.15, 0.2) is 0 Å². The minimum absolute atomic E-state index is 0.00324. The normalized spacial score (nSPS) is 13.6. The molecule has 0 saturated carbocycles. The van der Waals surface area contributed by atoms with E-state index in [9.17, 15) is 10.1 Å². The molecule has 4 rings (SSSR count). The zero-order valence-electron chi connectivity index (χ0n) is 17.7. The third kappa shape index (κ3) is 5.31. The molecule has 7 nitrogen and oxygen atoms in total. The average molecular weight is 446 g/mol. The highest BCUT2D eigenvalue weighted by molar-refractivity contribution is 7.19. The molecule has 0 bridgehead atoms. The molecule has 2 heterocycles. The maximum Gasteiger partial charge on any atom is 0.268 e. The Labute approximate surface area is 191 Å². The van der Waals surface area contributed by atoms with Gasteiger partial charge in [0.25, 0.3) is 5.91 Å². The number of rotatable bonds is 7. The SMILES string of the molecule is Cc1ccccc1COc1ccc(/C=C(/C#N)C(=O)Nc2nnc(N3CCCC3)s2)cc1. The van der Waals surface area contributed by atoms with Crippen LogP contribution in [0, 0.1) is 18.3 Å². The van der Waals surface area contributed by atoms with Crippen LogP contribution in [0.5, 0.6) is 5.75 Å². The quantitative estimate of drug-likeness (QED) is 0.423. The second-order valence-corrected chi connectivity index (χ2v) is 8.45. The molecule has 1 fully saturated rings. The number of benzene rings is 2. The van der Waals surface area contributed by atoms with Crippen molar-refractivity contribution in [3.8, 4) is 11.8 Å². The number of aromatic nitrogens is 2. The molecule has 1 aliphatic heterocycles. The molecule has 3 aromatic rings. The van der Waals surface area contributed by atoms with Crippen LogP contribution < -0.4 is 15.0 Å². The van der Waals surface area contributed by atoms with Gasteiger partial charge in [-0.25, -0.2) is 0 Å². The van der Waals surface area contributed by atoms with Gasteiger partial charge in [-0.1, -0.05) is 47.7 Å². The Balaban J connectivity index is 1.37. The molecule has 0 aliphatic carbocycles. The van der Waals surface area contributed by atoms with Gasteiger partial charge >= 0.3 is 0 Å². The number of nitrogens with one attached hydrogen (secondary N) is 1. The third-order valence-corrected chi connectivity index (χ3v) is 6.12. The molecule has 1 N–H and O–H groups in total. The van der Waals surface area contributed by atoms with Crippen molar-refractivity contribution in [3.63, 3.8) is 0 Å². The zero-order chi connectivity index (χ0) is 22.3. The number of nitriles is 1. The highest BCUT2D eigenvalue weighted by Gasteiger charge is 2.18. The summed E-state index contributed by atoms with van der Waals surface area (Å²) in [5.74, 6) is 0.216. The molecular formula is C24H23N5O2S. The second kappa shape index (κ2) is 10.1. The number of nitrogens with zero attached hydrogens (tertiary/aromatic N) is 4. The first kappa shape index (κ1) is 21.5. The van der Waals surface area contributed by atoms with Gasteiger partial charge < -0.3 is 9.64 Å². The Morgan fingerprint density at radius 1 is 1.19 bits per heavy atom. The summed E-state index contributed by atoms with van der Waals surface area (Å²) in [6.07, 6.45) is 3.82. The van der Waals surface area contributed by atoms with Crippen molar-refractivity contribution < 1.29 is 9.53 Å². The minimum Gasteiger partial charge on any atom is -0.489 e. The molecule has 0 spiro atoms. The predicted molar refractivity (Wildman–Crippen MR) is 126 cm³/mol. The van der Waals surface area contributed by atoms with E-state index in [-0.39, 0.29) is 5.57 Å². The van der Waals surface area contributed by atoms with Gasteiger partial charge in [-0.3, -0.25) is 10.1 Å². The van der Waals surface area contributed by atoms with Crippen LogP contribution in [0.2, 0.25) is 0 Å². The molecule has 1 aliphatic rings. The van der Waals surface area contributed by atoms with Crippen LogP contribution >= 0.6 is 11.3 Å². The van der Waals surface area contributed by atoms with Crippen molar-refractivity contribution in [1.82, 2.24) is 10.2 Å².